The molecule has 1 heterocycles. The van der Waals surface area contributed by atoms with Gasteiger partial charge >= 0.3 is 0 Å². The summed E-state index contributed by atoms with van der Waals surface area (Å²) in [6.45, 7) is 5.79. The lowest BCUT2D eigenvalue weighted by Crippen LogP contribution is -2.23. The molecule has 0 aliphatic carbocycles. The fourth-order valence-corrected chi connectivity index (χ4v) is 2.40. The van der Waals surface area contributed by atoms with Crippen LogP contribution in [0.1, 0.15) is 20.3 Å². The highest BCUT2D eigenvalue weighted by Crippen LogP contribution is 2.28. The first kappa shape index (κ1) is 14.6. The number of anilines is 1. The number of benzene rings is 1. The number of likely N-dealkylation sites (N-methyl/N-ethyl adjacent to an activating group) is 1. The Balaban J connectivity index is 2.17. The summed E-state index contributed by atoms with van der Waals surface area (Å²) in [6.07, 6.45) is 1.03. The summed E-state index contributed by atoms with van der Waals surface area (Å²) >= 11 is 0. The second-order valence-corrected chi connectivity index (χ2v) is 5.53. The number of nitro benzene ring substituents is 1. The van der Waals surface area contributed by atoms with Crippen LogP contribution in [0.3, 0.4) is 0 Å². The maximum atomic E-state index is 11.0. The van der Waals surface area contributed by atoms with E-state index < -0.39 is 0 Å². The van der Waals surface area contributed by atoms with E-state index in [1.807, 2.05) is 19.9 Å². The molecule has 0 bridgehead atoms. The molecule has 0 spiro atoms. The number of likely N-dealkylation sites (tertiary alicyclic amines) is 1. The van der Waals surface area contributed by atoms with E-state index >= 15 is 0 Å². The van der Waals surface area contributed by atoms with Gasteiger partial charge in [-0.15, -0.1) is 0 Å². The third-order valence-electron chi connectivity index (χ3n) is 3.24. The Morgan fingerprint density at radius 2 is 2.20 bits per heavy atom. The number of rotatable bonds is 5. The first-order valence-corrected chi connectivity index (χ1v) is 6.85. The number of hydrogen-bond donors (Lipinski definition) is 1. The van der Waals surface area contributed by atoms with Crippen molar-refractivity contribution in [3.05, 3.63) is 28.3 Å². The monoisotopic (exact) mass is 279 g/mol. The molecule has 0 saturated carbocycles. The molecule has 1 unspecified atom stereocenters. The molecule has 1 aliphatic rings. The fourth-order valence-electron chi connectivity index (χ4n) is 2.40. The van der Waals surface area contributed by atoms with Crippen molar-refractivity contribution in [3.63, 3.8) is 0 Å². The molecule has 1 N–H and O–H groups in total. The zero-order chi connectivity index (χ0) is 14.7. The van der Waals surface area contributed by atoms with Crippen molar-refractivity contribution in [3.8, 4) is 5.75 Å². The topological polar surface area (TPSA) is 67.6 Å². The highest BCUT2D eigenvalue weighted by atomic mass is 16.6. The Hall–Kier alpha value is -1.82. The van der Waals surface area contributed by atoms with Gasteiger partial charge in [0.25, 0.3) is 5.69 Å². The largest absolute Gasteiger partial charge is 0.491 e. The predicted octanol–water partition coefficient (Wildman–Crippen LogP) is 2.50. The van der Waals surface area contributed by atoms with Gasteiger partial charge in [-0.1, -0.05) is 0 Å². The summed E-state index contributed by atoms with van der Waals surface area (Å²) in [5.41, 5.74) is 0.798. The highest BCUT2D eigenvalue weighted by molar-refractivity contribution is 5.57. The van der Waals surface area contributed by atoms with Gasteiger partial charge in [0, 0.05) is 30.4 Å². The third-order valence-corrected chi connectivity index (χ3v) is 3.24. The minimum absolute atomic E-state index is 0.0116. The molecule has 1 fully saturated rings. The van der Waals surface area contributed by atoms with Crippen LogP contribution in [-0.2, 0) is 0 Å². The molecule has 0 radical (unpaired) electrons. The highest BCUT2D eigenvalue weighted by Gasteiger charge is 2.20. The van der Waals surface area contributed by atoms with E-state index in [1.165, 1.54) is 6.07 Å². The van der Waals surface area contributed by atoms with Gasteiger partial charge in [0.2, 0.25) is 0 Å². The molecule has 110 valence electrons. The number of nitrogens with zero attached hydrogens (tertiary/aromatic N) is 2. The van der Waals surface area contributed by atoms with Crippen molar-refractivity contribution in [1.29, 1.82) is 0 Å². The van der Waals surface area contributed by atoms with Gasteiger partial charge in [-0.25, -0.2) is 0 Å². The van der Waals surface area contributed by atoms with Crippen molar-refractivity contribution >= 4 is 11.4 Å². The van der Waals surface area contributed by atoms with Crippen molar-refractivity contribution in [2.75, 3.05) is 25.5 Å². The van der Waals surface area contributed by atoms with Gasteiger partial charge in [0.15, 0.2) is 0 Å². The molecule has 1 saturated heterocycles. The number of non-ortho nitro benzene ring substituents is 1. The van der Waals surface area contributed by atoms with Crippen molar-refractivity contribution < 1.29 is 9.66 Å². The Morgan fingerprint density at radius 1 is 1.45 bits per heavy atom. The standard InChI is InChI=1S/C14H21N3O3/c1-10(2)20-14-7-12(6-13(8-14)17(18)19)15-11-4-5-16(3)9-11/h6-8,10-11,15H,4-5,9H2,1-3H3. The van der Waals surface area contributed by atoms with Crippen molar-refractivity contribution in [1.82, 2.24) is 4.90 Å². The van der Waals surface area contributed by atoms with E-state index in [4.69, 9.17) is 4.74 Å². The Bertz CT molecular complexity index is 491. The van der Waals surface area contributed by atoms with E-state index in [-0.39, 0.29) is 16.7 Å². The van der Waals surface area contributed by atoms with Crippen LogP contribution in [0.4, 0.5) is 11.4 Å². The van der Waals surface area contributed by atoms with Gasteiger partial charge in [0.05, 0.1) is 17.1 Å². The lowest BCUT2D eigenvalue weighted by Gasteiger charge is -2.16. The van der Waals surface area contributed by atoms with Crippen molar-refractivity contribution in [2.45, 2.75) is 32.4 Å². The third kappa shape index (κ3) is 3.84. The van der Waals surface area contributed by atoms with E-state index in [0.717, 1.165) is 25.2 Å². The van der Waals surface area contributed by atoms with Gasteiger partial charge in [-0.3, -0.25) is 10.1 Å². The summed E-state index contributed by atoms with van der Waals surface area (Å²) < 4.78 is 5.58. The minimum atomic E-state index is -0.390. The molecule has 20 heavy (non-hydrogen) atoms. The predicted molar refractivity (Wildman–Crippen MR) is 78.4 cm³/mol. The Labute approximate surface area is 118 Å². The molecule has 1 atom stereocenters. The molecule has 0 amide bonds. The zero-order valence-electron chi connectivity index (χ0n) is 12.1. The normalized spacial score (nSPS) is 19.3. The molecule has 1 aliphatic heterocycles. The van der Waals surface area contributed by atoms with E-state index in [2.05, 4.69) is 17.3 Å². The lowest BCUT2D eigenvalue weighted by atomic mass is 10.2. The number of ether oxygens (including phenoxy) is 1. The second-order valence-electron chi connectivity index (χ2n) is 5.53. The van der Waals surface area contributed by atoms with Crippen LogP contribution in [0, 0.1) is 10.1 Å². The molecule has 6 heteroatoms. The molecule has 6 nitrogen and oxygen atoms in total. The maximum Gasteiger partial charge on any atom is 0.275 e. The summed E-state index contributed by atoms with van der Waals surface area (Å²) in [4.78, 5) is 12.8. The van der Waals surface area contributed by atoms with E-state index in [0.29, 0.717) is 11.8 Å². The van der Waals surface area contributed by atoms with Crippen LogP contribution in [0.25, 0.3) is 0 Å². The first-order valence-electron chi connectivity index (χ1n) is 6.85. The summed E-state index contributed by atoms with van der Waals surface area (Å²) in [6, 6.07) is 5.18. The van der Waals surface area contributed by atoms with E-state index in [1.54, 1.807) is 6.07 Å². The van der Waals surface area contributed by atoms with Gasteiger partial charge in [-0.05, 0) is 33.9 Å². The average molecular weight is 279 g/mol. The van der Waals surface area contributed by atoms with Gasteiger partial charge in [0.1, 0.15) is 5.75 Å². The van der Waals surface area contributed by atoms with Crippen LogP contribution in [0.15, 0.2) is 18.2 Å². The quantitative estimate of drug-likeness (QED) is 0.662. The summed E-state index contributed by atoms with van der Waals surface area (Å²) in [5, 5.41) is 14.3. The summed E-state index contributed by atoms with van der Waals surface area (Å²) in [7, 11) is 2.07. The molecule has 0 aromatic heterocycles. The molecule has 2 rings (SSSR count). The van der Waals surface area contributed by atoms with Gasteiger partial charge < -0.3 is 15.0 Å². The lowest BCUT2D eigenvalue weighted by molar-refractivity contribution is -0.384. The van der Waals surface area contributed by atoms with E-state index in [9.17, 15) is 10.1 Å². The van der Waals surface area contributed by atoms with Crippen LogP contribution >= 0.6 is 0 Å². The van der Waals surface area contributed by atoms with Gasteiger partial charge in [-0.2, -0.15) is 0 Å². The van der Waals surface area contributed by atoms with Crippen LogP contribution < -0.4 is 10.1 Å². The number of nitrogens with one attached hydrogen (secondary N) is 1. The molecule has 1 aromatic rings. The van der Waals surface area contributed by atoms with Crippen LogP contribution in [0.2, 0.25) is 0 Å². The van der Waals surface area contributed by atoms with Crippen LogP contribution in [0.5, 0.6) is 5.75 Å². The van der Waals surface area contributed by atoms with Crippen LogP contribution in [-0.4, -0.2) is 42.1 Å². The smallest absolute Gasteiger partial charge is 0.275 e. The Morgan fingerprint density at radius 3 is 2.75 bits per heavy atom. The SMILES string of the molecule is CC(C)Oc1cc(NC2CCN(C)C2)cc([N+](=O)[O-])c1. The molecular formula is C14H21N3O3. The number of hydrogen-bond acceptors (Lipinski definition) is 5. The zero-order valence-corrected chi connectivity index (χ0v) is 12.1. The summed E-state index contributed by atoms with van der Waals surface area (Å²) in [5.74, 6) is 0.531. The maximum absolute atomic E-state index is 11.0. The molecule has 1 aromatic carbocycles. The number of nitro groups is 1. The molecular weight excluding hydrogens is 258 g/mol. The van der Waals surface area contributed by atoms with Crippen molar-refractivity contribution in [2.24, 2.45) is 0 Å². The second kappa shape index (κ2) is 6.09. The minimum Gasteiger partial charge on any atom is -0.491 e. The first-order chi connectivity index (χ1) is 9.44. The average Bonchev–Trinajstić information content (AvgIpc) is 2.73. The Kier molecular flexibility index (Phi) is 4.44. The fraction of sp³-hybridized carbons (Fsp3) is 0.571.